The third-order valence-corrected chi connectivity index (χ3v) is 4.94. The fourth-order valence-electron chi connectivity index (χ4n) is 2.76. The fourth-order valence-corrected chi connectivity index (χ4v) is 3.66. The van der Waals surface area contributed by atoms with Crippen LogP contribution in [0.5, 0.6) is 0 Å². The summed E-state index contributed by atoms with van der Waals surface area (Å²) >= 11 is 1.49. The topological polar surface area (TPSA) is 74.3 Å². The van der Waals surface area contributed by atoms with E-state index < -0.39 is 30.5 Å². The minimum Gasteiger partial charge on any atom is -0.360 e. The standard InChI is InChI=1S/C16H17F3N4O2S/c17-16(18,19)9-23-8-10(7-13(23)24)14(25)20-5-6-21-15-22-11-3-1-2-4-12(11)26-15/h1-4,10H,5-9H2,(H,20,25)(H,21,22). The molecule has 1 unspecified atom stereocenters. The number of alkyl halides is 3. The first-order chi connectivity index (χ1) is 12.3. The lowest BCUT2D eigenvalue weighted by atomic mass is 10.1. The second-order valence-electron chi connectivity index (χ2n) is 6.00. The van der Waals surface area contributed by atoms with Gasteiger partial charge in [0.05, 0.1) is 16.1 Å². The van der Waals surface area contributed by atoms with Crippen molar-refractivity contribution in [1.29, 1.82) is 0 Å². The molecular weight excluding hydrogens is 369 g/mol. The van der Waals surface area contributed by atoms with Crippen molar-refractivity contribution in [3.05, 3.63) is 24.3 Å². The van der Waals surface area contributed by atoms with Crippen LogP contribution in [0.25, 0.3) is 10.2 Å². The molecule has 0 spiro atoms. The zero-order valence-electron chi connectivity index (χ0n) is 13.7. The van der Waals surface area contributed by atoms with E-state index in [-0.39, 0.29) is 13.0 Å². The number of likely N-dealkylation sites (tertiary alicyclic amines) is 1. The van der Waals surface area contributed by atoms with Crippen molar-refractivity contribution < 1.29 is 22.8 Å². The van der Waals surface area contributed by atoms with Gasteiger partial charge in [-0.2, -0.15) is 13.2 Å². The molecule has 10 heteroatoms. The molecule has 3 rings (SSSR count). The number of anilines is 1. The van der Waals surface area contributed by atoms with Crippen molar-refractivity contribution in [3.63, 3.8) is 0 Å². The number of nitrogens with one attached hydrogen (secondary N) is 2. The van der Waals surface area contributed by atoms with Gasteiger partial charge in [-0.05, 0) is 12.1 Å². The number of hydrogen-bond acceptors (Lipinski definition) is 5. The van der Waals surface area contributed by atoms with Gasteiger partial charge in [0.25, 0.3) is 0 Å². The smallest absolute Gasteiger partial charge is 0.360 e. The van der Waals surface area contributed by atoms with E-state index in [2.05, 4.69) is 15.6 Å². The predicted octanol–water partition coefficient (Wildman–Crippen LogP) is 2.24. The molecule has 2 heterocycles. The van der Waals surface area contributed by atoms with E-state index in [1.54, 1.807) is 0 Å². The van der Waals surface area contributed by atoms with Gasteiger partial charge in [0.1, 0.15) is 6.54 Å². The number of benzene rings is 1. The van der Waals surface area contributed by atoms with Gasteiger partial charge in [-0.1, -0.05) is 23.5 Å². The molecule has 1 aliphatic heterocycles. The van der Waals surface area contributed by atoms with E-state index >= 15 is 0 Å². The number of rotatable bonds is 6. The molecule has 2 N–H and O–H groups in total. The van der Waals surface area contributed by atoms with Crippen molar-refractivity contribution in [1.82, 2.24) is 15.2 Å². The van der Waals surface area contributed by atoms with Gasteiger partial charge in [-0.3, -0.25) is 9.59 Å². The Bertz CT molecular complexity index is 775. The van der Waals surface area contributed by atoms with Crippen LogP contribution in [0.1, 0.15) is 6.42 Å². The number of halogens is 3. The van der Waals surface area contributed by atoms with Crippen LogP contribution in [-0.4, -0.2) is 54.1 Å². The Kier molecular flexibility index (Phi) is 5.30. The molecule has 2 amide bonds. The molecule has 2 aromatic rings. The maximum Gasteiger partial charge on any atom is 0.406 e. The first-order valence-corrected chi connectivity index (χ1v) is 8.85. The summed E-state index contributed by atoms with van der Waals surface area (Å²) in [5.41, 5.74) is 0.887. The number of carbonyl (C=O) groups is 2. The number of thiazole rings is 1. The largest absolute Gasteiger partial charge is 0.406 e. The Balaban J connectivity index is 1.42. The number of carbonyl (C=O) groups excluding carboxylic acids is 2. The normalized spacial score (nSPS) is 17.7. The van der Waals surface area contributed by atoms with Crippen LogP contribution in [0.15, 0.2) is 24.3 Å². The molecule has 0 bridgehead atoms. The molecule has 1 aliphatic rings. The molecule has 0 radical (unpaired) electrons. The fraction of sp³-hybridized carbons (Fsp3) is 0.438. The summed E-state index contributed by atoms with van der Waals surface area (Å²) in [6, 6.07) is 7.69. The number of nitrogens with zero attached hydrogens (tertiary/aromatic N) is 2. The predicted molar refractivity (Wildman–Crippen MR) is 91.9 cm³/mol. The molecule has 26 heavy (non-hydrogen) atoms. The first-order valence-electron chi connectivity index (χ1n) is 8.03. The van der Waals surface area contributed by atoms with Crippen LogP contribution in [0.4, 0.5) is 18.3 Å². The molecule has 0 aliphatic carbocycles. The average Bonchev–Trinajstić information content (AvgIpc) is 3.13. The number of hydrogen-bond donors (Lipinski definition) is 2. The second-order valence-corrected chi connectivity index (χ2v) is 7.03. The van der Waals surface area contributed by atoms with E-state index in [0.29, 0.717) is 18.0 Å². The van der Waals surface area contributed by atoms with Crippen molar-refractivity contribution in [3.8, 4) is 0 Å². The van der Waals surface area contributed by atoms with Gasteiger partial charge in [0.2, 0.25) is 11.8 Å². The number of aromatic nitrogens is 1. The lowest BCUT2D eigenvalue weighted by Gasteiger charge is -2.18. The minimum atomic E-state index is -4.46. The first kappa shape index (κ1) is 18.4. The molecule has 1 atom stereocenters. The Hall–Kier alpha value is -2.36. The molecule has 1 aromatic heterocycles. The maximum absolute atomic E-state index is 12.4. The van der Waals surface area contributed by atoms with E-state index in [0.717, 1.165) is 15.3 Å². The summed E-state index contributed by atoms with van der Waals surface area (Å²) in [7, 11) is 0. The summed E-state index contributed by atoms with van der Waals surface area (Å²) in [5, 5.41) is 6.47. The van der Waals surface area contributed by atoms with Crippen LogP contribution < -0.4 is 10.6 Å². The lowest BCUT2D eigenvalue weighted by molar-refractivity contribution is -0.157. The van der Waals surface area contributed by atoms with Gasteiger partial charge >= 0.3 is 6.18 Å². The van der Waals surface area contributed by atoms with E-state index in [9.17, 15) is 22.8 Å². The molecule has 0 saturated carbocycles. The van der Waals surface area contributed by atoms with E-state index in [4.69, 9.17) is 0 Å². The SMILES string of the molecule is O=C(NCCNc1nc2ccccc2s1)C1CC(=O)N(CC(F)(F)F)C1. The average molecular weight is 386 g/mol. The molecular formula is C16H17F3N4O2S. The zero-order valence-corrected chi connectivity index (χ0v) is 14.5. The molecule has 1 saturated heterocycles. The second kappa shape index (κ2) is 7.48. The third-order valence-electron chi connectivity index (χ3n) is 3.95. The number of amides is 2. The highest BCUT2D eigenvalue weighted by molar-refractivity contribution is 7.22. The molecule has 1 aromatic carbocycles. The Morgan fingerprint density at radius 2 is 2.08 bits per heavy atom. The van der Waals surface area contributed by atoms with Crippen molar-refractivity contribution >= 4 is 38.5 Å². The lowest BCUT2D eigenvalue weighted by Crippen LogP contribution is -2.38. The Morgan fingerprint density at radius 1 is 1.31 bits per heavy atom. The Labute approximate surface area is 151 Å². The monoisotopic (exact) mass is 386 g/mol. The zero-order chi connectivity index (χ0) is 18.7. The van der Waals surface area contributed by atoms with Crippen molar-refractivity contribution in [2.24, 2.45) is 5.92 Å². The van der Waals surface area contributed by atoms with Crippen LogP contribution in [0, 0.1) is 5.92 Å². The highest BCUT2D eigenvalue weighted by Crippen LogP contribution is 2.25. The van der Waals surface area contributed by atoms with E-state index in [1.807, 2.05) is 24.3 Å². The quantitative estimate of drug-likeness (QED) is 0.747. The van der Waals surface area contributed by atoms with Gasteiger partial charge in [-0.25, -0.2) is 4.98 Å². The molecule has 6 nitrogen and oxygen atoms in total. The number of para-hydroxylation sites is 1. The van der Waals surface area contributed by atoms with Gasteiger partial charge in [0, 0.05) is 26.1 Å². The third kappa shape index (κ3) is 4.63. The van der Waals surface area contributed by atoms with Gasteiger partial charge < -0.3 is 15.5 Å². The van der Waals surface area contributed by atoms with Gasteiger partial charge in [0.15, 0.2) is 5.13 Å². The molecule has 1 fully saturated rings. The van der Waals surface area contributed by atoms with Crippen LogP contribution in [0.2, 0.25) is 0 Å². The highest BCUT2D eigenvalue weighted by Gasteiger charge is 2.40. The summed E-state index contributed by atoms with van der Waals surface area (Å²) < 4.78 is 38.2. The maximum atomic E-state index is 12.4. The Morgan fingerprint density at radius 3 is 2.81 bits per heavy atom. The van der Waals surface area contributed by atoms with Crippen LogP contribution in [0.3, 0.4) is 0 Å². The van der Waals surface area contributed by atoms with Gasteiger partial charge in [-0.15, -0.1) is 0 Å². The summed E-state index contributed by atoms with van der Waals surface area (Å²) in [6.45, 7) is -0.790. The minimum absolute atomic E-state index is 0.187. The van der Waals surface area contributed by atoms with Crippen molar-refractivity contribution in [2.45, 2.75) is 12.6 Å². The van der Waals surface area contributed by atoms with E-state index in [1.165, 1.54) is 11.3 Å². The molecule has 140 valence electrons. The highest BCUT2D eigenvalue weighted by atomic mass is 32.1. The summed E-state index contributed by atoms with van der Waals surface area (Å²) in [6.07, 6.45) is -4.64. The summed E-state index contributed by atoms with van der Waals surface area (Å²) in [5.74, 6) is -1.79. The van der Waals surface area contributed by atoms with Crippen LogP contribution >= 0.6 is 11.3 Å². The number of fused-ring (bicyclic) bond motifs is 1. The van der Waals surface area contributed by atoms with Crippen LogP contribution in [-0.2, 0) is 9.59 Å². The summed E-state index contributed by atoms with van der Waals surface area (Å²) in [4.78, 5) is 28.7. The van der Waals surface area contributed by atoms with Crippen molar-refractivity contribution in [2.75, 3.05) is 31.5 Å².